The fourth-order valence-corrected chi connectivity index (χ4v) is 3.46. The van der Waals surface area contributed by atoms with Crippen molar-refractivity contribution in [1.29, 1.82) is 0 Å². The van der Waals surface area contributed by atoms with Gasteiger partial charge in [-0.25, -0.2) is 0 Å². The highest BCUT2D eigenvalue weighted by molar-refractivity contribution is 6.30. The van der Waals surface area contributed by atoms with Crippen molar-refractivity contribution in [3.8, 4) is 5.75 Å². The lowest BCUT2D eigenvalue weighted by atomic mass is 10.1. The van der Waals surface area contributed by atoms with Gasteiger partial charge in [0, 0.05) is 21.7 Å². The van der Waals surface area contributed by atoms with Gasteiger partial charge in [-0.3, -0.25) is 14.2 Å². The summed E-state index contributed by atoms with van der Waals surface area (Å²) in [4.78, 5) is 24.3. The number of halogens is 1. The lowest BCUT2D eigenvalue weighted by Gasteiger charge is -2.08. The first-order chi connectivity index (χ1) is 14.9. The van der Waals surface area contributed by atoms with Crippen LogP contribution in [0, 0.1) is 6.92 Å². The summed E-state index contributed by atoms with van der Waals surface area (Å²) in [7, 11) is 1.54. The van der Waals surface area contributed by atoms with Crippen molar-refractivity contribution in [2.45, 2.75) is 13.3 Å². The molecule has 0 aliphatic rings. The Morgan fingerprint density at radius 1 is 0.968 bits per heavy atom. The number of methoxy groups -OCH3 is 1. The van der Waals surface area contributed by atoms with Gasteiger partial charge in [0.2, 0.25) is 0 Å². The number of nitrogens with zero attached hydrogens (tertiary/aromatic N) is 1. The van der Waals surface area contributed by atoms with E-state index in [1.54, 1.807) is 56.5 Å². The lowest BCUT2D eigenvalue weighted by Crippen LogP contribution is -2.14. The SMILES string of the molecule is COc1ccc2c(c1)c(CC(=O)O)c(C)n2C(=O)c1ccc(Cl)cc1.c1ccccc1. The Morgan fingerprint density at radius 3 is 2.06 bits per heavy atom. The third-order valence-electron chi connectivity index (χ3n) is 4.83. The molecule has 1 aromatic heterocycles. The molecule has 1 N–H and O–H groups in total. The van der Waals surface area contributed by atoms with E-state index in [2.05, 4.69) is 0 Å². The fraction of sp³-hybridized carbons (Fsp3) is 0.120. The second-order valence-corrected chi connectivity index (χ2v) is 7.26. The zero-order chi connectivity index (χ0) is 22.4. The van der Waals surface area contributed by atoms with E-state index in [4.69, 9.17) is 16.3 Å². The number of fused-ring (bicyclic) bond motifs is 1. The van der Waals surface area contributed by atoms with Gasteiger partial charge >= 0.3 is 5.97 Å². The Labute approximate surface area is 185 Å². The second kappa shape index (κ2) is 9.96. The molecule has 0 bridgehead atoms. The normalized spacial score (nSPS) is 10.3. The first-order valence-electron chi connectivity index (χ1n) is 9.62. The minimum Gasteiger partial charge on any atom is -0.497 e. The van der Waals surface area contributed by atoms with Crippen LogP contribution in [0.4, 0.5) is 0 Å². The van der Waals surface area contributed by atoms with E-state index < -0.39 is 5.97 Å². The van der Waals surface area contributed by atoms with E-state index in [-0.39, 0.29) is 12.3 Å². The van der Waals surface area contributed by atoms with E-state index in [9.17, 15) is 14.7 Å². The molecule has 0 atom stereocenters. The molecule has 3 aromatic carbocycles. The molecule has 6 heteroatoms. The van der Waals surface area contributed by atoms with Gasteiger partial charge in [0.05, 0.1) is 19.0 Å². The van der Waals surface area contributed by atoms with E-state index in [0.29, 0.717) is 38.5 Å². The Balaban J connectivity index is 0.000000391. The van der Waals surface area contributed by atoms with Gasteiger partial charge in [0.1, 0.15) is 5.75 Å². The molecule has 0 radical (unpaired) electrons. The van der Waals surface area contributed by atoms with Gasteiger partial charge in [-0.1, -0.05) is 48.0 Å². The largest absolute Gasteiger partial charge is 0.497 e. The molecule has 0 spiro atoms. The highest BCUT2D eigenvalue weighted by Crippen LogP contribution is 2.30. The third kappa shape index (κ3) is 5.13. The Kier molecular flexibility index (Phi) is 7.11. The van der Waals surface area contributed by atoms with Gasteiger partial charge in [0.15, 0.2) is 0 Å². The smallest absolute Gasteiger partial charge is 0.307 e. The molecule has 1 heterocycles. The van der Waals surface area contributed by atoms with Crippen molar-refractivity contribution in [3.63, 3.8) is 0 Å². The maximum Gasteiger partial charge on any atom is 0.307 e. The Morgan fingerprint density at radius 2 is 1.55 bits per heavy atom. The molecule has 31 heavy (non-hydrogen) atoms. The predicted molar refractivity (Wildman–Crippen MR) is 122 cm³/mol. The van der Waals surface area contributed by atoms with Crippen LogP contribution in [-0.2, 0) is 11.2 Å². The first kappa shape index (κ1) is 22.1. The summed E-state index contributed by atoms with van der Waals surface area (Å²) in [5.41, 5.74) is 2.32. The number of carbonyl (C=O) groups is 2. The number of carboxylic acids is 1. The molecule has 0 aliphatic heterocycles. The minimum absolute atomic E-state index is 0.170. The average molecular weight is 436 g/mol. The van der Waals surface area contributed by atoms with E-state index >= 15 is 0 Å². The van der Waals surface area contributed by atoms with E-state index in [1.165, 1.54) is 4.57 Å². The summed E-state index contributed by atoms with van der Waals surface area (Å²) in [5.74, 6) is -0.583. The van der Waals surface area contributed by atoms with E-state index in [1.807, 2.05) is 36.4 Å². The summed E-state index contributed by atoms with van der Waals surface area (Å²) in [6.45, 7) is 1.75. The Hall–Kier alpha value is -3.57. The summed E-state index contributed by atoms with van der Waals surface area (Å²) in [6.07, 6.45) is -0.170. The summed E-state index contributed by atoms with van der Waals surface area (Å²) in [5, 5.41) is 10.5. The molecule has 0 saturated carbocycles. The fourth-order valence-electron chi connectivity index (χ4n) is 3.33. The van der Waals surface area contributed by atoms with Crippen LogP contribution in [0.1, 0.15) is 21.6 Å². The first-order valence-corrected chi connectivity index (χ1v) is 10.00. The molecule has 0 amide bonds. The molecular weight excluding hydrogens is 414 g/mol. The van der Waals surface area contributed by atoms with Gasteiger partial charge in [-0.15, -0.1) is 0 Å². The number of aliphatic carboxylic acids is 1. The zero-order valence-electron chi connectivity index (χ0n) is 17.2. The number of carboxylic acid groups (broad SMARTS) is 1. The van der Waals surface area contributed by atoms with Crippen LogP contribution in [0.25, 0.3) is 10.9 Å². The maximum atomic E-state index is 13.0. The standard InChI is InChI=1S/C19H16ClNO4.C6H6/c1-11-15(10-18(22)23)16-9-14(25-2)7-8-17(16)21(11)19(24)12-3-5-13(20)6-4-12;1-2-4-6-5-3-1/h3-9H,10H2,1-2H3,(H,22,23);1-6H. The predicted octanol–water partition coefficient (Wildman–Crippen LogP) is 5.61. The molecule has 0 unspecified atom stereocenters. The number of rotatable bonds is 4. The Bertz CT molecular complexity index is 1170. The maximum absolute atomic E-state index is 13.0. The topological polar surface area (TPSA) is 68.5 Å². The molecule has 158 valence electrons. The highest BCUT2D eigenvalue weighted by Gasteiger charge is 2.21. The van der Waals surface area contributed by atoms with Crippen LogP contribution in [0.5, 0.6) is 5.75 Å². The van der Waals surface area contributed by atoms with Gasteiger partial charge in [0.25, 0.3) is 5.91 Å². The average Bonchev–Trinajstić information content (AvgIpc) is 3.05. The highest BCUT2D eigenvalue weighted by atomic mass is 35.5. The van der Waals surface area contributed by atoms with Crippen LogP contribution < -0.4 is 4.74 Å². The van der Waals surface area contributed by atoms with Gasteiger partial charge in [-0.05, 0) is 55.0 Å². The van der Waals surface area contributed by atoms with E-state index in [0.717, 1.165) is 0 Å². The number of benzene rings is 3. The quantitative estimate of drug-likeness (QED) is 0.452. The number of hydrogen-bond donors (Lipinski definition) is 1. The van der Waals surface area contributed by atoms with Crippen LogP contribution in [0.3, 0.4) is 0 Å². The van der Waals surface area contributed by atoms with Crippen molar-refractivity contribution in [1.82, 2.24) is 4.57 Å². The molecule has 0 saturated heterocycles. The minimum atomic E-state index is -0.955. The van der Waals surface area contributed by atoms with Crippen molar-refractivity contribution in [2.75, 3.05) is 7.11 Å². The van der Waals surface area contributed by atoms with Gasteiger partial charge in [-0.2, -0.15) is 0 Å². The summed E-state index contributed by atoms with van der Waals surface area (Å²) >= 11 is 5.89. The third-order valence-corrected chi connectivity index (χ3v) is 5.08. The number of hydrogen-bond acceptors (Lipinski definition) is 3. The van der Waals surface area contributed by atoms with Crippen molar-refractivity contribution in [3.05, 3.63) is 101 Å². The van der Waals surface area contributed by atoms with Crippen molar-refractivity contribution in [2.24, 2.45) is 0 Å². The van der Waals surface area contributed by atoms with Crippen LogP contribution in [-0.4, -0.2) is 28.7 Å². The molecular formula is C25H22ClNO4. The second-order valence-electron chi connectivity index (χ2n) is 6.82. The van der Waals surface area contributed by atoms with Crippen molar-refractivity contribution < 1.29 is 19.4 Å². The molecule has 4 aromatic rings. The van der Waals surface area contributed by atoms with Gasteiger partial charge < -0.3 is 9.84 Å². The number of carbonyl (C=O) groups excluding carboxylic acids is 1. The molecule has 4 rings (SSSR count). The molecule has 5 nitrogen and oxygen atoms in total. The molecule has 0 fully saturated rings. The van der Waals surface area contributed by atoms with Crippen LogP contribution in [0.2, 0.25) is 5.02 Å². The monoisotopic (exact) mass is 435 g/mol. The number of ether oxygens (including phenoxy) is 1. The lowest BCUT2D eigenvalue weighted by molar-refractivity contribution is -0.136. The van der Waals surface area contributed by atoms with Crippen LogP contribution in [0.15, 0.2) is 78.9 Å². The molecule has 0 aliphatic carbocycles. The van der Waals surface area contributed by atoms with Crippen molar-refractivity contribution >= 4 is 34.4 Å². The zero-order valence-corrected chi connectivity index (χ0v) is 18.0. The summed E-state index contributed by atoms with van der Waals surface area (Å²) < 4.78 is 6.77. The van der Waals surface area contributed by atoms with Crippen LogP contribution >= 0.6 is 11.6 Å². The number of aromatic nitrogens is 1. The summed E-state index contributed by atoms with van der Waals surface area (Å²) in [6, 6.07) is 23.9.